The SMILES string of the molecule is CCCC1CCC(O)C(N(C)CC2(N(C)C)CCC2)C1. The van der Waals surface area contributed by atoms with Crippen LogP contribution in [0.25, 0.3) is 0 Å². The molecule has 1 N–H and O–H groups in total. The van der Waals surface area contributed by atoms with Gasteiger partial charge in [-0.1, -0.05) is 19.8 Å². The Labute approximate surface area is 125 Å². The number of aliphatic hydroxyl groups is 1. The molecule has 3 nitrogen and oxygen atoms in total. The maximum Gasteiger partial charge on any atom is 0.0695 e. The Kier molecular flexibility index (Phi) is 5.49. The molecule has 2 rings (SSSR count). The molecule has 0 aromatic heterocycles. The van der Waals surface area contributed by atoms with Crippen LogP contribution in [-0.2, 0) is 0 Å². The summed E-state index contributed by atoms with van der Waals surface area (Å²) >= 11 is 0. The molecule has 0 saturated heterocycles. The van der Waals surface area contributed by atoms with Crippen LogP contribution in [0.4, 0.5) is 0 Å². The molecule has 2 fully saturated rings. The minimum atomic E-state index is -0.118. The summed E-state index contributed by atoms with van der Waals surface area (Å²) in [6.45, 7) is 3.39. The Morgan fingerprint density at radius 2 is 1.85 bits per heavy atom. The Hall–Kier alpha value is -0.120. The van der Waals surface area contributed by atoms with Gasteiger partial charge in [-0.25, -0.2) is 0 Å². The molecule has 0 aromatic carbocycles. The predicted molar refractivity (Wildman–Crippen MR) is 84.9 cm³/mol. The topological polar surface area (TPSA) is 26.7 Å². The first-order valence-corrected chi connectivity index (χ1v) is 8.54. The van der Waals surface area contributed by atoms with E-state index in [2.05, 4.69) is 37.9 Å². The third kappa shape index (κ3) is 3.37. The summed E-state index contributed by atoms with van der Waals surface area (Å²) in [4.78, 5) is 4.87. The highest BCUT2D eigenvalue weighted by molar-refractivity contribution is 4.99. The number of hydrogen-bond acceptors (Lipinski definition) is 3. The summed E-state index contributed by atoms with van der Waals surface area (Å²) in [5.74, 6) is 0.826. The van der Waals surface area contributed by atoms with Gasteiger partial charge in [0.25, 0.3) is 0 Å². The monoisotopic (exact) mass is 282 g/mol. The first-order valence-electron chi connectivity index (χ1n) is 8.54. The molecule has 3 atom stereocenters. The highest BCUT2D eigenvalue weighted by atomic mass is 16.3. The van der Waals surface area contributed by atoms with Crippen LogP contribution in [0, 0.1) is 5.92 Å². The van der Waals surface area contributed by atoms with Gasteiger partial charge in [0, 0.05) is 18.1 Å². The van der Waals surface area contributed by atoms with Crippen molar-refractivity contribution in [2.24, 2.45) is 5.92 Å². The van der Waals surface area contributed by atoms with E-state index in [0.717, 1.165) is 18.9 Å². The molecule has 0 aromatic rings. The average molecular weight is 282 g/mol. The van der Waals surface area contributed by atoms with Gasteiger partial charge in [-0.3, -0.25) is 4.90 Å². The van der Waals surface area contributed by atoms with Crippen LogP contribution in [-0.4, -0.2) is 60.3 Å². The molecule has 0 radical (unpaired) electrons. The Morgan fingerprint density at radius 3 is 2.35 bits per heavy atom. The van der Waals surface area contributed by atoms with Crippen LogP contribution in [0.3, 0.4) is 0 Å². The van der Waals surface area contributed by atoms with E-state index in [4.69, 9.17) is 0 Å². The number of hydrogen-bond donors (Lipinski definition) is 1. The van der Waals surface area contributed by atoms with Gasteiger partial charge in [0.15, 0.2) is 0 Å². The third-order valence-corrected chi connectivity index (χ3v) is 5.93. The lowest BCUT2D eigenvalue weighted by Crippen LogP contribution is -2.59. The molecule has 2 aliphatic carbocycles. The summed E-state index contributed by atoms with van der Waals surface area (Å²) in [6.07, 6.45) is 9.87. The summed E-state index contributed by atoms with van der Waals surface area (Å²) in [6, 6.07) is 0.373. The maximum atomic E-state index is 10.4. The second kappa shape index (κ2) is 6.76. The Morgan fingerprint density at radius 1 is 1.15 bits per heavy atom. The average Bonchev–Trinajstić information content (AvgIpc) is 2.35. The summed E-state index contributed by atoms with van der Waals surface area (Å²) in [7, 11) is 6.65. The molecular weight excluding hydrogens is 248 g/mol. The maximum absolute atomic E-state index is 10.4. The van der Waals surface area contributed by atoms with Crippen molar-refractivity contribution in [3.8, 4) is 0 Å². The zero-order valence-electron chi connectivity index (χ0n) is 13.9. The lowest BCUT2D eigenvalue weighted by molar-refractivity contribution is -0.0325. The highest BCUT2D eigenvalue weighted by Crippen LogP contribution is 2.38. The second-order valence-corrected chi connectivity index (χ2v) is 7.49. The van der Waals surface area contributed by atoms with Crippen molar-refractivity contribution in [3.63, 3.8) is 0 Å². The van der Waals surface area contributed by atoms with E-state index in [1.807, 2.05) is 0 Å². The second-order valence-electron chi connectivity index (χ2n) is 7.49. The van der Waals surface area contributed by atoms with E-state index in [9.17, 15) is 5.11 Å². The first kappa shape index (κ1) is 16.3. The normalized spacial score (nSPS) is 33.5. The van der Waals surface area contributed by atoms with Crippen molar-refractivity contribution >= 4 is 0 Å². The van der Waals surface area contributed by atoms with Gasteiger partial charge in [0.1, 0.15) is 0 Å². The number of likely N-dealkylation sites (N-methyl/N-ethyl adjacent to an activating group) is 2. The molecule has 2 aliphatic rings. The number of rotatable bonds is 6. The number of aliphatic hydroxyl groups excluding tert-OH is 1. The minimum Gasteiger partial charge on any atom is -0.391 e. The minimum absolute atomic E-state index is 0.118. The largest absolute Gasteiger partial charge is 0.391 e. The Balaban J connectivity index is 1.94. The van der Waals surface area contributed by atoms with Crippen LogP contribution in [0.1, 0.15) is 58.3 Å². The molecule has 0 bridgehead atoms. The van der Waals surface area contributed by atoms with Crippen molar-refractivity contribution < 1.29 is 5.11 Å². The molecule has 20 heavy (non-hydrogen) atoms. The van der Waals surface area contributed by atoms with E-state index in [-0.39, 0.29) is 6.10 Å². The fourth-order valence-electron chi connectivity index (χ4n) is 4.27. The van der Waals surface area contributed by atoms with Crippen LogP contribution >= 0.6 is 0 Å². The fourth-order valence-corrected chi connectivity index (χ4v) is 4.27. The van der Waals surface area contributed by atoms with E-state index >= 15 is 0 Å². The molecule has 2 saturated carbocycles. The van der Waals surface area contributed by atoms with Crippen molar-refractivity contribution in [1.29, 1.82) is 0 Å². The van der Waals surface area contributed by atoms with Gasteiger partial charge in [-0.2, -0.15) is 0 Å². The molecule has 0 spiro atoms. The molecule has 0 amide bonds. The lowest BCUT2D eigenvalue weighted by Gasteiger charge is -2.51. The third-order valence-electron chi connectivity index (χ3n) is 5.93. The van der Waals surface area contributed by atoms with Gasteiger partial charge in [0.2, 0.25) is 0 Å². The van der Waals surface area contributed by atoms with Gasteiger partial charge in [0.05, 0.1) is 6.10 Å². The smallest absolute Gasteiger partial charge is 0.0695 e. The molecule has 3 heteroatoms. The van der Waals surface area contributed by atoms with Crippen LogP contribution in [0.2, 0.25) is 0 Å². The van der Waals surface area contributed by atoms with Crippen LogP contribution in [0.15, 0.2) is 0 Å². The van der Waals surface area contributed by atoms with Gasteiger partial charge >= 0.3 is 0 Å². The summed E-state index contributed by atoms with van der Waals surface area (Å²) in [5.41, 5.74) is 0.367. The van der Waals surface area contributed by atoms with E-state index in [1.54, 1.807) is 0 Å². The molecule has 0 heterocycles. The van der Waals surface area contributed by atoms with Crippen molar-refractivity contribution in [1.82, 2.24) is 9.80 Å². The quantitative estimate of drug-likeness (QED) is 0.811. The predicted octanol–water partition coefficient (Wildman–Crippen LogP) is 2.73. The van der Waals surface area contributed by atoms with Crippen molar-refractivity contribution in [2.75, 3.05) is 27.7 Å². The van der Waals surface area contributed by atoms with E-state index in [0.29, 0.717) is 11.6 Å². The standard InChI is InChI=1S/C17H34N2O/c1-5-7-14-8-9-16(20)15(12-14)19(4)13-17(18(2)3)10-6-11-17/h14-16,20H,5-13H2,1-4H3. The summed E-state index contributed by atoms with van der Waals surface area (Å²) < 4.78 is 0. The number of nitrogens with zero attached hydrogens (tertiary/aromatic N) is 2. The van der Waals surface area contributed by atoms with E-state index in [1.165, 1.54) is 44.9 Å². The Bertz CT molecular complexity index is 301. The van der Waals surface area contributed by atoms with Crippen LogP contribution < -0.4 is 0 Å². The van der Waals surface area contributed by atoms with Gasteiger partial charge in [-0.15, -0.1) is 0 Å². The van der Waals surface area contributed by atoms with Gasteiger partial charge in [-0.05, 0) is 65.6 Å². The summed E-state index contributed by atoms with van der Waals surface area (Å²) in [5, 5.41) is 10.4. The first-order chi connectivity index (χ1) is 9.48. The van der Waals surface area contributed by atoms with Crippen molar-refractivity contribution in [2.45, 2.75) is 76.0 Å². The molecule has 0 aliphatic heterocycles. The zero-order valence-corrected chi connectivity index (χ0v) is 13.9. The fraction of sp³-hybridized carbons (Fsp3) is 1.00. The van der Waals surface area contributed by atoms with E-state index < -0.39 is 0 Å². The van der Waals surface area contributed by atoms with Gasteiger partial charge < -0.3 is 10.0 Å². The molecule has 118 valence electrons. The lowest BCUT2D eigenvalue weighted by atomic mass is 9.74. The van der Waals surface area contributed by atoms with Crippen LogP contribution in [0.5, 0.6) is 0 Å². The van der Waals surface area contributed by atoms with Crippen molar-refractivity contribution in [3.05, 3.63) is 0 Å². The highest BCUT2D eigenvalue weighted by Gasteiger charge is 2.42. The molecule has 3 unspecified atom stereocenters. The zero-order chi connectivity index (χ0) is 14.8. The molecular formula is C17H34N2O.